The maximum Gasteiger partial charge on any atom is 0.311 e. The standard InChI is InChI=1S/C18H16ClNO3/c19-15-8-6-13(7-9-15)12-23-18(22)14-10-17(21)20(11-14)16-4-2-1-3-5-16/h1-9,14H,10-12H2/t14-/m0/s1. The number of nitrogens with zero attached hydrogens (tertiary/aromatic N) is 1. The second kappa shape index (κ2) is 6.84. The van der Waals surface area contributed by atoms with Gasteiger partial charge in [-0.3, -0.25) is 9.59 Å². The molecule has 1 aliphatic rings. The maximum absolute atomic E-state index is 12.2. The Morgan fingerprint density at radius 2 is 1.83 bits per heavy atom. The van der Waals surface area contributed by atoms with Crippen molar-refractivity contribution < 1.29 is 14.3 Å². The first kappa shape index (κ1) is 15.6. The quantitative estimate of drug-likeness (QED) is 0.807. The predicted octanol–water partition coefficient (Wildman–Crippen LogP) is 3.44. The molecule has 118 valence electrons. The summed E-state index contributed by atoms with van der Waals surface area (Å²) in [6.45, 7) is 0.550. The third kappa shape index (κ3) is 3.71. The molecule has 23 heavy (non-hydrogen) atoms. The van der Waals surface area contributed by atoms with Gasteiger partial charge in [-0.05, 0) is 29.8 Å². The summed E-state index contributed by atoms with van der Waals surface area (Å²) in [5.74, 6) is -0.814. The fourth-order valence-corrected chi connectivity index (χ4v) is 2.70. The Balaban J connectivity index is 1.58. The van der Waals surface area contributed by atoms with E-state index in [9.17, 15) is 9.59 Å². The molecule has 0 radical (unpaired) electrons. The first-order chi connectivity index (χ1) is 11.1. The normalized spacial score (nSPS) is 17.3. The molecular weight excluding hydrogens is 314 g/mol. The molecule has 1 fully saturated rings. The van der Waals surface area contributed by atoms with Crippen LogP contribution in [0.2, 0.25) is 5.02 Å². The lowest BCUT2D eigenvalue weighted by atomic mass is 10.1. The second-order valence-electron chi connectivity index (χ2n) is 5.48. The molecular formula is C18H16ClNO3. The van der Waals surface area contributed by atoms with E-state index in [2.05, 4.69) is 0 Å². The minimum Gasteiger partial charge on any atom is -0.461 e. The van der Waals surface area contributed by atoms with Crippen molar-refractivity contribution in [3.05, 3.63) is 65.2 Å². The van der Waals surface area contributed by atoms with Crippen LogP contribution in [0, 0.1) is 5.92 Å². The zero-order valence-corrected chi connectivity index (χ0v) is 13.2. The average molecular weight is 330 g/mol. The monoisotopic (exact) mass is 329 g/mol. The van der Waals surface area contributed by atoms with Crippen LogP contribution in [0.1, 0.15) is 12.0 Å². The number of halogens is 1. The molecule has 1 saturated heterocycles. The molecule has 3 rings (SSSR count). The number of hydrogen-bond donors (Lipinski definition) is 0. The van der Waals surface area contributed by atoms with E-state index in [0.717, 1.165) is 11.3 Å². The van der Waals surface area contributed by atoms with Crippen LogP contribution in [0.5, 0.6) is 0 Å². The number of esters is 1. The van der Waals surface area contributed by atoms with Crippen molar-refractivity contribution in [2.45, 2.75) is 13.0 Å². The largest absolute Gasteiger partial charge is 0.461 e. The number of anilines is 1. The van der Waals surface area contributed by atoms with Gasteiger partial charge in [-0.1, -0.05) is 41.9 Å². The van der Waals surface area contributed by atoms with Gasteiger partial charge in [0.05, 0.1) is 5.92 Å². The molecule has 0 bridgehead atoms. The minimum absolute atomic E-state index is 0.0513. The number of hydrogen-bond acceptors (Lipinski definition) is 3. The SMILES string of the molecule is O=C(OCc1ccc(Cl)cc1)[C@H]1CC(=O)N(c2ccccc2)C1. The highest BCUT2D eigenvalue weighted by molar-refractivity contribution is 6.30. The maximum atomic E-state index is 12.2. The molecule has 4 nitrogen and oxygen atoms in total. The summed E-state index contributed by atoms with van der Waals surface area (Å²) in [5.41, 5.74) is 1.68. The van der Waals surface area contributed by atoms with Crippen molar-refractivity contribution in [2.75, 3.05) is 11.4 Å². The van der Waals surface area contributed by atoms with Crippen LogP contribution in [-0.4, -0.2) is 18.4 Å². The van der Waals surface area contributed by atoms with E-state index < -0.39 is 5.92 Å². The van der Waals surface area contributed by atoms with E-state index in [1.807, 2.05) is 42.5 Å². The fraction of sp³-hybridized carbons (Fsp3) is 0.222. The molecule has 2 aromatic carbocycles. The van der Waals surface area contributed by atoms with Gasteiger partial charge in [0, 0.05) is 23.7 Å². The number of carbonyl (C=O) groups is 2. The van der Waals surface area contributed by atoms with Gasteiger partial charge in [-0.15, -0.1) is 0 Å². The van der Waals surface area contributed by atoms with Gasteiger partial charge in [0.1, 0.15) is 6.61 Å². The Morgan fingerprint density at radius 3 is 2.52 bits per heavy atom. The molecule has 1 heterocycles. The Bertz CT molecular complexity index is 700. The van der Waals surface area contributed by atoms with E-state index in [1.165, 1.54) is 0 Å². The summed E-state index contributed by atoms with van der Waals surface area (Å²) in [5, 5.41) is 0.639. The summed E-state index contributed by atoms with van der Waals surface area (Å²) in [4.78, 5) is 25.9. The van der Waals surface area contributed by atoms with Crippen LogP contribution in [0.3, 0.4) is 0 Å². The van der Waals surface area contributed by atoms with Crippen molar-refractivity contribution in [3.63, 3.8) is 0 Å². The van der Waals surface area contributed by atoms with E-state index in [1.54, 1.807) is 17.0 Å². The van der Waals surface area contributed by atoms with E-state index in [0.29, 0.717) is 11.6 Å². The summed E-state index contributed by atoms with van der Waals surface area (Å²) >= 11 is 5.82. The highest BCUT2D eigenvalue weighted by atomic mass is 35.5. The number of benzene rings is 2. The Kier molecular flexibility index (Phi) is 4.63. The Morgan fingerprint density at radius 1 is 1.13 bits per heavy atom. The van der Waals surface area contributed by atoms with Gasteiger partial charge in [0.25, 0.3) is 0 Å². The van der Waals surface area contributed by atoms with Crippen molar-refractivity contribution >= 4 is 29.2 Å². The highest BCUT2D eigenvalue weighted by Crippen LogP contribution is 2.25. The lowest BCUT2D eigenvalue weighted by Gasteiger charge is -2.16. The second-order valence-corrected chi connectivity index (χ2v) is 5.91. The van der Waals surface area contributed by atoms with Gasteiger partial charge < -0.3 is 9.64 Å². The van der Waals surface area contributed by atoms with Gasteiger partial charge in [0.15, 0.2) is 0 Å². The molecule has 1 atom stereocenters. The van der Waals surface area contributed by atoms with Gasteiger partial charge >= 0.3 is 5.97 Å². The molecule has 0 saturated carbocycles. The van der Waals surface area contributed by atoms with E-state index in [-0.39, 0.29) is 24.9 Å². The molecule has 1 aliphatic heterocycles. The zero-order chi connectivity index (χ0) is 16.2. The third-order valence-electron chi connectivity index (χ3n) is 3.82. The average Bonchev–Trinajstić information content (AvgIpc) is 2.97. The van der Waals surface area contributed by atoms with Crippen molar-refractivity contribution in [1.82, 2.24) is 0 Å². The molecule has 0 aliphatic carbocycles. The van der Waals surface area contributed by atoms with Crippen molar-refractivity contribution in [2.24, 2.45) is 5.92 Å². The van der Waals surface area contributed by atoms with Gasteiger partial charge in [-0.2, -0.15) is 0 Å². The Hall–Kier alpha value is -2.33. The van der Waals surface area contributed by atoms with Crippen LogP contribution in [0.4, 0.5) is 5.69 Å². The number of para-hydroxylation sites is 1. The van der Waals surface area contributed by atoms with Crippen molar-refractivity contribution in [3.8, 4) is 0 Å². The van der Waals surface area contributed by atoms with Gasteiger partial charge in [0.2, 0.25) is 5.91 Å². The molecule has 5 heteroatoms. The van der Waals surface area contributed by atoms with Crippen LogP contribution in [-0.2, 0) is 20.9 Å². The first-order valence-corrected chi connectivity index (χ1v) is 7.78. The Labute approximate surface area is 139 Å². The van der Waals surface area contributed by atoms with Gasteiger partial charge in [-0.25, -0.2) is 0 Å². The number of carbonyl (C=O) groups excluding carboxylic acids is 2. The molecule has 1 amide bonds. The first-order valence-electron chi connectivity index (χ1n) is 7.40. The van der Waals surface area contributed by atoms with Crippen LogP contribution < -0.4 is 4.90 Å². The van der Waals surface area contributed by atoms with Crippen LogP contribution >= 0.6 is 11.6 Å². The number of rotatable bonds is 4. The lowest BCUT2D eigenvalue weighted by molar-refractivity contribution is -0.149. The molecule has 0 aromatic heterocycles. The van der Waals surface area contributed by atoms with Crippen molar-refractivity contribution in [1.29, 1.82) is 0 Å². The molecule has 0 spiro atoms. The number of ether oxygens (including phenoxy) is 1. The minimum atomic E-state index is -0.421. The summed E-state index contributed by atoms with van der Waals surface area (Å²) in [6, 6.07) is 16.5. The summed E-state index contributed by atoms with van der Waals surface area (Å²) < 4.78 is 5.32. The smallest absolute Gasteiger partial charge is 0.311 e. The molecule has 0 unspecified atom stereocenters. The fourth-order valence-electron chi connectivity index (χ4n) is 2.58. The summed E-state index contributed by atoms with van der Waals surface area (Å²) in [6.07, 6.45) is 0.189. The van der Waals surface area contributed by atoms with E-state index in [4.69, 9.17) is 16.3 Å². The zero-order valence-electron chi connectivity index (χ0n) is 12.4. The third-order valence-corrected chi connectivity index (χ3v) is 4.07. The molecule has 0 N–H and O–H groups in total. The molecule has 2 aromatic rings. The van der Waals surface area contributed by atoms with E-state index >= 15 is 0 Å². The topological polar surface area (TPSA) is 46.6 Å². The highest BCUT2D eigenvalue weighted by Gasteiger charge is 2.36. The summed E-state index contributed by atoms with van der Waals surface area (Å²) in [7, 11) is 0. The predicted molar refractivity (Wildman–Crippen MR) is 88.2 cm³/mol. The van der Waals surface area contributed by atoms with Crippen LogP contribution in [0.15, 0.2) is 54.6 Å². The lowest BCUT2D eigenvalue weighted by Crippen LogP contribution is -2.26. The number of amides is 1. The van der Waals surface area contributed by atoms with Crippen LogP contribution in [0.25, 0.3) is 0 Å².